The Hall–Kier alpha value is 1.36. The van der Waals surface area contributed by atoms with Crippen LogP contribution >= 0.6 is 0 Å². The van der Waals surface area contributed by atoms with Crippen LogP contribution in [0.3, 0.4) is 0 Å². The molecule has 0 aromatic carbocycles. The van der Waals surface area contributed by atoms with E-state index in [2.05, 4.69) is 34.6 Å². The van der Waals surface area contributed by atoms with E-state index in [1.807, 2.05) is 0 Å². The van der Waals surface area contributed by atoms with E-state index in [1.165, 1.54) is 68.9 Å². The number of hydrogen-bond acceptors (Lipinski definition) is 1. The molecule has 0 aromatic rings. The standard InChI is InChI=1S/C16H25O.C14H23.2Y/c1-12-6-4-10-16(3)14(12)8-9-15(16)13(2)7-5-11-17;1-10(2)12-7-8-13-11(3)6-5-9-14(12,13)4;;/h1,11,13-15H,4-10H2,2-3H3;3,10,12-13H,5-9H2,1-2,4H3;;/q2*-1;;/t13?,14?,15-,16+;12-,13?,14-;;/m11../s1. The van der Waals surface area contributed by atoms with E-state index in [1.54, 1.807) is 0 Å². The van der Waals surface area contributed by atoms with Crippen molar-refractivity contribution in [3.05, 3.63) is 24.3 Å². The monoisotopic (exact) mass is 602 g/mol. The van der Waals surface area contributed by atoms with E-state index in [9.17, 15) is 4.79 Å². The number of hydrogen-bond donors (Lipinski definition) is 0. The molecule has 0 aliphatic heterocycles. The van der Waals surface area contributed by atoms with Crippen molar-refractivity contribution in [3.63, 3.8) is 0 Å². The smallest absolute Gasteiger partial charge is 0.120 e. The SMILES string of the molecule is [CH-]=C1CCC[C@@]2(C)C1CC[C@@H]2C(C)C.[CH-]=C1CCC[C@@]2(C)C1CC[C@@H]2C(C)CCC=O.[Y].[Y]. The molecule has 182 valence electrons. The molecule has 3 unspecified atom stereocenters. The summed E-state index contributed by atoms with van der Waals surface area (Å²) in [5.74, 6) is 4.57. The number of carbonyl (C=O) groups excluding carboxylic acids is 1. The van der Waals surface area contributed by atoms with Gasteiger partial charge in [0.05, 0.1) is 0 Å². The minimum atomic E-state index is 0. The van der Waals surface area contributed by atoms with E-state index in [0.29, 0.717) is 22.7 Å². The first-order valence-electron chi connectivity index (χ1n) is 13.3. The molecule has 0 aromatic heterocycles. The molecule has 4 rings (SSSR count). The molecule has 4 fully saturated rings. The average molecular weight is 603 g/mol. The van der Waals surface area contributed by atoms with Crippen LogP contribution in [0, 0.1) is 59.5 Å². The van der Waals surface area contributed by atoms with Crippen LogP contribution < -0.4 is 0 Å². The first kappa shape index (κ1) is 32.4. The summed E-state index contributed by atoms with van der Waals surface area (Å²) < 4.78 is 0. The van der Waals surface area contributed by atoms with Crippen molar-refractivity contribution in [1.82, 2.24) is 0 Å². The van der Waals surface area contributed by atoms with Crippen LogP contribution in [0.15, 0.2) is 11.1 Å². The van der Waals surface area contributed by atoms with Crippen LogP contribution in [0.25, 0.3) is 0 Å². The predicted molar refractivity (Wildman–Crippen MR) is 131 cm³/mol. The second kappa shape index (κ2) is 13.8. The van der Waals surface area contributed by atoms with Gasteiger partial charge in [-0.15, -0.1) is 0 Å². The van der Waals surface area contributed by atoms with Crippen LogP contribution in [-0.4, -0.2) is 6.29 Å². The van der Waals surface area contributed by atoms with E-state index in [0.717, 1.165) is 49.2 Å². The molecule has 0 amide bonds. The Morgan fingerprint density at radius 2 is 1.30 bits per heavy atom. The van der Waals surface area contributed by atoms with Crippen LogP contribution in [0.1, 0.15) is 112 Å². The van der Waals surface area contributed by atoms with E-state index >= 15 is 0 Å². The normalized spacial score (nSPS) is 38.2. The molecule has 0 spiro atoms. The van der Waals surface area contributed by atoms with Gasteiger partial charge in [-0.3, -0.25) is 11.1 Å². The maximum Gasteiger partial charge on any atom is 0.120 e. The van der Waals surface area contributed by atoms with Crippen molar-refractivity contribution in [2.24, 2.45) is 46.3 Å². The summed E-state index contributed by atoms with van der Waals surface area (Å²) in [6.07, 6.45) is 15.8. The summed E-state index contributed by atoms with van der Waals surface area (Å²) in [4.78, 5) is 10.5. The number of carbonyl (C=O) groups is 1. The fourth-order valence-electron chi connectivity index (χ4n) is 8.72. The zero-order chi connectivity index (χ0) is 22.8. The van der Waals surface area contributed by atoms with Crippen molar-refractivity contribution in [2.75, 3.05) is 0 Å². The maximum atomic E-state index is 10.5. The minimum absolute atomic E-state index is 0. The zero-order valence-corrected chi connectivity index (χ0v) is 27.9. The van der Waals surface area contributed by atoms with Gasteiger partial charge in [-0.05, 0) is 91.3 Å². The average Bonchev–Trinajstić information content (AvgIpc) is 3.25. The van der Waals surface area contributed by atoms with E-state index < -0.39 is 0 Å². The maximum absolute atomic E-state index is 10.5. The zero-order valence-electron chi connectivity index (χ0n) is 22.2. The van der Waals surface area contributed by atoms with Crippen molar-refractivity contribution < 1.29 is 70.2 Å². The van der Waals surface area contributed by atoms with E-state index in [-0.39, 0.29) is 65.4 Å². The van der Waals surface area contributed by atoms with Gasteiger partial charge in [0, 0.05) is 71.8 Å². The van der Waals surface area contributed by atoms with Crippen molar-refractivity contribution in [3.8, 4) is 0 Å². The largest absolute Gasteiger partial charge is 0.514 e. The Labute approximate surface area is 256 Å². The van der Waals surface area contributed by atoms with Gasteiger partial charge >= 0.3 is 0 Å². The first-order valence-corrected chi connectivity index (χ1v) is 13.3. The molecule has 33 heavy (non-hydrogen) atoms. The van der Waals surface area contributed by atoms with Crippen molar-refractivity contribution >= 4 is 6.29 Å². The number of rotatable bonds is 5. The van der Waals surface area contributed by atoms with Gasteiger partial charge < -0.3 is 18.0 Å². The van der Waals surface area contributed by atoms with Gasteiger partial charge in [0.15, 0.2) is 0 Å². The summed E-state index contributed by atoms with van der Waals surface area (Å²) in [7, 11) is 0. The van der Waals surface area contributed by atoms with Gasteiger partial charge in [-0.1, -0.05) is 60.3 Å². The van der Waals surface area contributed by atoms with E-state index in [4.69, 9.17) is 13.2 Å². The van der Waals surface area contributed by atoms with Gasteiger partial charge in [0.1, 0.15) is 6.29 Å². The predicted octanol–water partition coefficient (Wildman–Crippen LogP) is 8.39. The fraction of sp³-hybridized carbons (Fsp3) is 0.833. The number of fused-ring (bicyclic) bond motifs is 2. The summed E-state index contributed by atoms with van der Waals surface area (Å²) in [6.45, 7) is 24.4. The molecule has 7 atom stereocenters. The van der Waals surface area contributed by atoms with Crippen LogP contribution in [0.5, 0.6) is 0 Å². The molecule has 3 heteroatoms. The van der Waals surface area contributed by atoms with Gasteiger partial charge in [-0.25, -0.2) is 0 Å². The van der Waals surface area contributed by atoms with Gasteiger partial charge in [0.25, 0.3) is 0 Å². The number of aldehydes is 1. The molecule has 4 saturated carbocycles. The Kier molecular flexibility index (Phi) is 13.5. The molecule has 0 bridgehead atoms. The third-order valence-corrected chi connectivity index (χ3v) is 10.3. The van der Waals surface area contributed by atoms with Gasteiger partial charge in [0.2, 0.25) is 0 Å². The third-order valence-electron chi connectivity index (χ3n) is 10.3. The molecular formula is C30H48OY2-2. The Bertz CT molecular complexity index is 670. The molecule has 4 aliphatic rings. The molecule has 2 radical (unpaired) electrons. The van der Waals surface area contributed by atoms with Crippen LogP contribution in [0.4, 0.5) is 0 Å². The Balaban J connectivity index is 0.000000316. The first-order chi connectivity index (χ1) is 14.6. The molecule has 0 heterocycles. The van der Waals surface area contributed by atoms with Crippen molar-refractivity contribution in [2.45, 2.75) is 112 Å². The second-order valence-corrected chi connectivity index (χ2v) is 12.3. The minimum Gasteiger partial charge on any atom is -0.514 e. The summed E-state index contributed by atoms with van der Waals surface area (Å²) >= 11 is 0. The molecular weight excluding hydrogens is 554 g/mol. The quantitative estimate of drug-likeness (QED) is 0.228. The summed E-state index contributed by atoms with van der Waals surface area (Å²) in [5, 5.41) is 0. The fourth-order valence-corrected chi connectivity index (χ4v) is 8.72. The molecule has 0 N–H and O–H groups in total. The molecule has 1 nitrogen and oxygen atoms in total. The third kappa shape index (κ3) is 6.82. The molecule has 0 saturated heterocycles. The Morgan fingerprint density at radius 3 is 1.76 bits per heavy atom. The van der Waals surface area contributed by atoms with Crippen molar-refractivity contribution in [1.29, 1.82) is 0 Å². The second-order valence-electron chi connectivity index (χ2n) is 12.3. The summed E-state index contributed by atoms with van der Waals surface area (Å²) in [5.41, 5.74) is 3.52. The van der Waals surface area contributed by atoms with Crippen LogP contribution in [-0.2, 0) is 70.2 Å². The summed E-state index contributed by atoms with van der Waals surface area (Å²) in [6, 6.07) is 0. The molecule has 4 aliphatic carbocycles. The Morgan fingerprint density at radius 1 is 0.848 bits per heavy atom. The van der Waals surface area contributed by atoms with Crippen LogP contribution in [0.2, 0.25) is 0 Å². The topological polar surface area (TPSA) is 17.1 Å². The van der Waals surface area contributed by atoms with Gasteiger partial charge in [-0.2, -0.15) is 0 Å². The number of allylic oxidation sites excluding steroid dienone is 2.